The lowest BCUT2D eigenvalue weighted by Crippen LogP contribution is -2.56. The van der Waals surface area contributed by atoms with Crippen LogP contribution in [0.3, 0.4) is 0 Å². The average molecular weight is 186 g/mol. The summed E-state index contributed by atoms with van der Waals surface area (Å²) in [5.74, 6) is 0. The molecule has 0 unspecified atom stereocenters. The predicted molar refractivity (Wildman–Crippen MR) is 44.4 cm³/mol. The molecule has 1 saturated heterocycles. The zero-order valence-corrected chi connectivity index (χ0v) is 7.87. The van der Waals surface area contributed by atoms with Gasteiger partial charge in [-0.15, -0.1) is 12.4 Å². The van der Waals surface area contributed by atoms with Crippen molar-refractivity contribution in [1.82, 2.24) is 0 Å². The molecule has 0 aliphatic carbocycles. The SMILES string of the molecule is CP(C)(=O)C1(N)COC1.Cl. The second-order valence-electron chi connectivity index (χ2n) is 2.95. The Balaban J connectivity index is 0.000000810. The topological polar surface area (TPSA) is 52.3 Å². The van der Waals surface area contributed by atoms with E-state index in [1.54, 1.807) is 13.3 Å². The lowest BCUT2D eigenvalue weighted by molar-refractivity contribution is -0.0114. The van der Waals surface area contributed by atoms with Gasteiger partial charge in [0.2, 0.25) is 0 Å². The van der Waals surface area contributed by atoms with Gasteiger partial charge in [0.1, 0.15) is 12.4 Å². The Morgan fingerprint density at radius 1 is 1.50 bits per heavy atom. The van der Waals surface area contributed by atoms with Crippen LogP contribution >= 0.6 is 19.5 Å². The fourth-order valence-electron chi connectivity index (χ4n) is 0.622. The zero-order valence-electron chi connectivity index (χ0n) is 6.16. The summed E-state index contributed by atoms with van der Waals surface area (Å²) in [6.45, 7) is 4.32. The van der Waals surface area contributed by atoms with E-state index < -0.39 is 12.4 Å². The number of nitrogens with two attached hydrogens (primary N) is 1. The van der Waals surface area contributed by atoms with E-state index in [-0.39, 0.29) is 12.4 Å². The van der Waals surface area contributed by atoms with Crippen molar-refractivity contribution in [2.24, 2.45) is 5.73 Å². The quantitative estimate of drug-likeness (QED) is 0.613. The highest BCUT2D eigenvalue weighted by Gasteiger charge is 2.44. The van der Waals surface area contributed by atoms with E-state index in [1.807, 2.05) is 0 Å². The van der Waals surface area contributed by atoms with E-state index in [0.717, 1.165) is 0 Å². The molecule has 1 aliphatic rings. The van der Waals surface area contributed by atoms with Crippen LogP contribution in [0.25, 0.3) is 0 Å². The highest BCUT2D eigenvalue weighted by molar-refractivity contribution is 7.64. The van der Waals surface area contributed by atoms with Gasteiger partial charge in [-0.25, -0.2) is 0 Å². The minimum atomic E-state index is -2.13. The summed E-state index contributed by atoms with van der Waals surface area (Å²) in [6.07, 6.45) is 0. The molecule has 0 aromatic carbocycles. The van der Waals surface area contributed by atoms with Gasteiger partial charge in [-0.05, 0) is 13.3 Å². The van der Waals surface area contributed by atoms with Crippen LogP contribution in [0.1, 0.15) is 0 Å². The molecule has 10 heavy (non-hydrogen) atoms. The normalized spacial score (nSPS) is 22.7. The number of hydrogen-bond donors (Lipinski definition) is 1. The van der Waals surface area contributed by atoms with Crippen molar-refractivity contribution in [3.05, 3.63) is 0 Å². The van der Waals surface area contributed by atoms with E-state index in [9.17, 15) is 4.57 Å². The highest BCUT2D eigenvalue weighted by Crippen LogP contribution is 2.51. The summed E-state index contributed by atoms with van der Waals surface area (Å²) in [4.78, 5) is 0. The van der Waals surface area contributed by atoms with Gasteiger partial charge in [0.05, 0.1) is 13.2 Å². The van der Waals surface area contributed by atoms with Crippen LogP contribution in [0.15, 0.2) is 0 Å². The van der Waals surface area contributed by atoms with Crippen LogP contribution in [0, 0.1) is 0 Å². The van der Waals surface area contributed by atoms with Crippen LogP contribution in [0.4, 0.5) is 0 Å². The first-order valence-corrected chi connectivity index (χ1v) is 5.47. The third-order valence-corrected chi connectivity index (χ3v) is 4.18. The van der Waals surface area contributed by atoms with E-state index in [0.29, 0.717) is 13.2 Å². The van der Waals surface area contributed by atoms with E-state index in [1.165, 1.54) is 0 Å². The van der Waals surface area contributed by atoms with Gasteiger partial charge < -0.3 is 15.0 Å². The molecule has 0 bridgehead atoms. The molecule has 2 N–H and O–H groups in total. The van der Waals surface area contributed by atoms with Crippen molar-refractivity contribution < 1.29 is 9.30 Å². The largest absolute Gasteiger partial charge is 0.376 e. The maximum Gasteiger partial charge on any atom is 0.116 e. The number of ether oxygens (including phenoxy) is 1. The first-order chi connectivity index (χ1) is 3.96. The Bertz CT molecular complexity index is 163. The van der Waals surface area contributed by atoms with Gasteiger partial charge in [0, 0.05) is 0 Å². The summed E-state index contributed by atoms with van der Waals surface area (Å²) < 4.78 is 16.2. The highest BCUT2D eigenvalue weighted by atomic mass is 35.5. The van der Waals surface area contributed by atoms with Gasteiger partial charge in [-0.3, -0.25) is 0 Å². The standard InChI is InChI=1S/C5H12NO2P.ClH/c1-9(2,7)5(6)3-8-4-5;/h3-4,6H2,1-2H3;1H. The van der Waals surface area contributed by atoms with E-state index in [2.05, 4.69) is 0 Å². The molecule has 0 amide bonds. The maximum atomic E-state index is 11.3. The van der Waals surface area contributed by atoms with Crippen LogP contribution in [-0.4, -0.2) is 31.8 Å². The summed E-state index contributed by atoms with van der Waals surface area (Å²) in [7, 11) is -2.13. The fraction of sp³-hybridized carbons (Fsp3) is 1.00. The molecule has 1 rings (SSSR count). The van der Waals surface area contributed by atoms with Crippen LogP contribution in [0.5, 0.6) is 0 Å². The zero-order chi connectivity index (χ0) is 7.12. The Kier molecular flexibility index (Phi) is 2.94. The lowest BCUT2D eigenvalue weighted by atomic mass is 10.3. The summed E-state index contributed by atoms with van der Waals surface area (Å²) >= 11 is 0. The number of hydrogen-bond acceptors (Lipinski definition) is 3. The molecular weight excluding hydrogens is 172 g/mol. The molecule has 1 fully saturated rings. The average Bonchev–Trinajstić information content (AvgIpc) is 1.57. The minimum Gasteiger partial charge on any atom is -0.376 e. The number of halogens is 1. The van der Waals surface area contributed by atoms with Gasteiger partial charge in [0.25, 0.3) is 0 Å². The van der Waals surface area contributed by atoms with Gasteiger partial charge in [-0.1, -0.05) is 0 Å². The van der Waals surface area contributed by atoms with Crippen molar-refractivity contribution in [2.45, 2.75) is 5.28 Å². The molecule has 0 atom stereocenters. The van der Waals surface area contributed by atoms with Crippen molar-refractivity contribution >= 4 is 19.5 Å². The van der Waals surface area contributed by atoms with Crippen LogP contribution < -0.4 is 5.73 Å². The summed E-state index contributed by atoms with van der Waals surface area (Å²) in [5, 5.41) is -0.507. The van der Waals surface area contributed by atoms with E-state index >= 15 is 0 Å². The molecule has 1 aliphatic heterocycles. The van der Waals surface area contributed by atoms with Gasteiger partial charge >= 0.3 is 0 Å². The fourth-order valence-corrected chi connectivity index (χ4v) is 1.43. The van der Waals surface area contributed by atoms with Crippen molar-refractivity contribution in [3.8, 4) is 0 Å². The summed E-state index contributed by atoms with van der Waals surface area (Å²) in [6, 6.07) is 0. The Morgan fingerprint density at radius 2 is 1.90 bits per heavy atom. The molecule has 0 radical (unpaired) electrons. The molecule has 5 heteroatoms. The molecular formula is C5H13ClNO2P. The maximum absolute atomic E-state index is 11.3. The predicted octanol–water partition coefficient (Wildman–Crippen LogP) is 0.716. The molecule has 0 spiro atoms. The molecule has 1 heterocycles. The molecule has 0 aromatic rings. The van der Waals surface area contributed by atoms with Crippen molar-refractivity contribution in [1.29, 1.82) is 0 Å². The first kappa shape index (κ1) is 10.4. The second-order valence-corrected chi connectivity index (χ2v) is 6.54. The number of rotatable bonds is 1. The van der Waals surface area contributed by atoms with Crippen molar-refractivity contribution in [3.63, 3.8) is 0 Å². The Labute approximate surface area is 67.1 Å². The monoisotopic (exact) mass is 185 g/mol. The Hall–Kier alpha value is 0.440. The van der Waals surface area contributed by atoms with Crippen molar-refractivity contribution in [2.75, 3.05) is 26.5 Å². The molecule has 0 aromatic heterocycles. The minimum absolute atomic E-state index is 0. The lowest BCUT2D eigenvalue weighted by Gasteiger charge is -2.40. The summed E-state index contributed by atoms with van der Waals surface area (Å²) in [5.41, 5.74) is 5.69. The van der Waals surface area contributed by atoms with Gasteiger partial charge in [-0.2, -0.15) is 0 Å². The molecule has 62 valence electrons. The van der Waals surface area contributed by atoms with Crippen LogP contribution in [0.2, 0.25) is 0 Å². The first-order valence-electron chi connectivity index (χ1n) is 2.87. The van der Waals surface area contributed by atoms with Crippen LogP contribution in [-0.2, 0) is 9.30 Å². The third kappa shape index (κ3) is 1.54. The molecule has 3 nitrogen and oxygen atoms in total. The third-order valence-electron chi connectivity index (χ3n) is 1.78. The van der Waals surface area contributed by atoms with Gasteiger partial charge in [0.15, 0.2) is 0 Å². The molecule has 0 saturated carbocycles. The Morgan fingerprint density at radius 3 is 1.90 bits per heavy atom. The second kappa shape index (κ2) is 2.82. The smallest absolute Gasteiger partial charge is 0.116 e. The van der Waals surface area contributed by atoms with E-state index in [4.69, 9.17) is 10.5 Å².